The van der Waals surface area contributed by atoms with E-state index < -0.39 is 10.8 Å². The molecule has 0 saturated carbocycles. The number of benzene rings is 2. The molecule has 0 aromatic heterocycles. The highest BCUT2D eigenvalue weighted by Gasteiger charge is 2.56. The first-order valence-corrected chi connectivity index (χ1v) is 7.82. The van der Waals surface area contributed by atoms with Crippen molar-refractivity contribution in [3.63, 3.8) is 0 Å². The van der Waals surface area contributed by atoms with Gasteiger partial charge in [-0.3, -0.25) is 0 Å². The summed E-state index contributed by atoms with van der Waals surface area (Å²) in [7, 11) is 0. The number of aldehydes is 2. The number of fused-ring (bicyclic) bond motifs is 3. The average Bonchev–Trinajstić information content (AvgIpc) is 2.89. The van der Waals surface area contributed by atoms with Crippen LogP contribution in [0.2, 0.25) is 0 Å². The van der Waals surface area contributed by atoms with Gasteiger partial charge in [-0.1, -0.05) is 62.4 Å². The average molecular weight is 292 g/mol. The van der Waals surface area contributed by atoms with E-state index in [0.29, 0.717) is 12.8 Å². The number of rotatable bonds is 5. The summed E-state index contributed by atoms with van der Waals surface area (Å²) in [6, 6.07) is 15.9. The van der Waals surface area contributed by atoms with Crippen molar-refractivity contribution in [1.29, 1.82) is 0 Å². The molecule has 22 heavy (non-hydrogen) atoms. The monoisotopic (exact) mass is 292 g/mol. The Bertz CT molecular complexity index is 680. The highest BCUT2D eigenvalue weighted by molar-refractivity contribution is 5.96. The number of hydrogen-bond acceptors (Lipinski definition) is 2. The first-order chi connectivity index (χ1) is 10.7. The second kappa shape index (κ2) is 5.20. The van der Waals surface area contributed by atoms with E-state index in [9.17, 15) is 9.59 Å². The van der Waals surface area contributed by atoms with Crippen molar-refractivity contribution in [3.05, 3.63) is 59.7 Å². The second-order valence-corrected chi connectivity index (χ2v) is 6.00. The van der Waals surface area contributed by atoms with Gasteiger partial charge >= 0.3 is 0 Å². The molecule has 1 aliphatic rings. The van der Waals surface area contributed by atoms with E-state index in [1.165, 1.54) is 0 Å². The SMILES string of the molecule is CCC(C=O)(CC)C1(C=O)c2ccccc2-c2ccccc21. The molecule has 0 saturated heterocycles. The van der Waals surface area contributed by atoms with Crippen molar-refractivity contribution in [3.8, 4) is 11.1 Å². The molecule has 2 aromatic rings. The predicted molar refractivity (Wildman–Crippen MR) is 87.8 cm³/mol. The molecule has 0 amide bonds. The van der Waals surface area contributed by atoms with Gasteiger partial charge in [-0.05, 0) is 35.1 Å². The summed E-state index contributed by atoms with van der Waals surface area (Å²) in [4.78, 5) is 24.5. The van der Waals surface area contributed by atoms with E-state index >= 15 is 0 Å². The number of carbonyl (C=O) groups excluding carboxylic acids is 2. The molecule has 0 aliphatic heterocycles. The van der Waals surface area contributed by atoms with Gasteiger partial charge in [0.15, 0.2) is 0 Å². The molecule has 0 N–H and O–H groups in total. The van der Waals surface area contributed by atoms with Gasteiger partial charge in [0.1, 0.15) is 12.6 Å². The third-order valence-electron chi connectivity index (χ3n) is 5.44. The molecule has 0 radical (unpaired) electrons. The zero-order valence-electron chi connectivity index (χ0n) is 13.0. The Balaban J connectivity index is 2.46. The fourth-order valence-corrected chi connectivity index (χ4v) is 4.12. The third-order valence-corrected chi connectivity index (χ3v) is 5.44. The highest BCUT2D eigenvalue weighted by atomic mass is 16.1. The van der Waals surface area contributed by atoms with Gasteiger partial charge in [-0.2, -0.15) is 0 Å². The molecule has 2 nitrogen and oxygen atoms in total. The van der Waals surface area contributed by atoms with Gasteiger partial charge in [-0.15, -0.1) is 0 Å². The van der Waals surface area contributed by atoms with Crippen LogP contribution in [0.4, 0.5) is 0 Å². The summed E-state index contributed by atoms with van der Waals surface area (Å²) in [6.45, 7) is 3.99. The summed E-state index contributed by atoms with van der Waals surface area (Å²) < 4.78 is 0. The second-order valence-electron chi connectivity index (χ2n) is 6.00. The summed E-state index contributed by atoms with van der Waals surface area (Å²) in [6.07, 6.45) is 3.27. The maximum absolute atomic E-state index is 12.4. The minimum atomic E-state index is -0.883. The van der Waals surface area contributed by atoms with Crippen LogP contribution in [0.5, 0.6) is 0 Å². The van der Waals surface area contributed by atoms with E-state index in [2.05, 4.69) is 0 Å². The Morgan fingerprint density at radius 1 is 0.864 bits per heavy atom. The fraction of sp³-hybridized carbons (Fsp3) is 0.300. The highest BCUT2D eigenvalue weighted by Crippen LogP contribution is 2.57. The van der Waals surface area contributed by atoms with E-state index in [1.54, 1.807) is 0 Å². The zero-order valence-corrected chi connectivity index (χ0v) is 13.0. The summed E-state index contributed by atoms with van der Waals surface area (Å²) in [5.74, 6) is 0. The van der Waals surface area contributed by atoms with Crippen LogP contribution in [0.1, 0.15) is 37.8 Å². The molecule has 0 heterocycles. The molecule has 0 unspecified atom stereocenters. The van der Waals surface area contributed by atoms with Crippen molar-refractivity contribution < 1.29 is 9.59 Å². The van der Waals surface area contributed by atoms with Crippen LogP contribution >= 0.6 is 0 Å². The molecule has 2 aromatic carbocycles. The predicted octanol–water partition coefficient (Wildman–Crippen LogP) is 4.16. The van der Waals surface area contributed by atoms with Gasteiger partial charge in [0.25, 0.3) is 0 Å². The normalized spacial score (nSPS) is 15.0. The molecule has 0 bridgehead atoms. The van der Waals surface area contributed by atoms with Crippen LogP contribution in [0.25, 0.3) is 11.1 Å². The lowest BCUT2D eigenvalue weighted by atomic mass is 9.57. The Morgan fingerprint density at radius 3 is 1.68 bits per heavy atom. The van der Waals surface area contributed by atoms with Gasteiger partial charge in [0, 0.05) is 5.41 Å². The van der Waals surface area contributed by atoms with E-state index in [-0.39, 0.29) is 0 Å². The minimum Gasteiger partial charge on any atom is -0.303 e. The maximum atomic E-state index is 12.4. The first kappa shape index (κ1) is 14.7. The van der Waals surface area contributed by atoms with Crippen LogP contribution in [0.15, 0.2) is 48.5 Å². The molecule has 0 atom stereocenters. The van der Waals surface area contributed by atoms with Crippen molar-refractivity contribution in [2.75, 3.05) is 0 Å². The van der Waals surface area contributed by atoms with E-state index in [0.717, 1.165) is 34.8 Å². The molecule has 112 valence electrons. The Labute approximate surface area is 131 Å². The summed E-state index contributed by atoms with van der Waals surface area (Å²) in [5.41, 5.74) is 2.46. The maximum Gasteiger partial charge on any atom is 0.135 e. The molecule has 0 spiro atoms. The smallest absolute Gasteiger partial charge is 0.135 e. The minimum absolute atomic E-state index is 0.633. The quantitative estimate of drug-likeness (QED) is 0.776. The van der Waals surface area contributed by atoms with Crippen molar-refractivity contribution in [2.45, 2.75) is 32.1 Å². The van der Waals surface area contributed by atoms with Gasteiger partial charge in [-0.25, -0.2) is 0 Å². The molecular formula is C20H20O2. The summed E-state index contributed by atoms with van der Waals surface area (Å²) in [5, 5.41) is 0. The number of carbonyl (C=O) groups is 2. The van der Waals surface area contributed by atoms with Crippen LogP contribution in [-0.4, -0.2) is 12.6 Å². The van der Waals surface area contributed by atoms with Gasteiger partial charge in [0.2, 0.25) is 0 Å². The first-order valence-electron chi connectivity index (χ1n) is 7.82. The molecule has 3 rings (SSSR count). The van der Waals surface area contributed by atoms with Crippen LogP contribution in [0, 0.1) is 5.41 Å². The lowest BCUT2D eigenvalue weighted by Gasteiger charge is -2.42. The van der Waals surface area contributed by atoms with E-state index in [4.69, 9.17) is 0 Å². The fourth-order valence-electron chi connectivity index (χ4n) is 4.12. The lowest BCUT2D eigenvalue weighted by molar-refractivity contribution is -0.126. The Hall–Kier alpha value is -2.22. The van der Waals surface area contributed by atoms with Crippen LogP contribution < -0.4 is 0 Å². The number of hydrogen-bond donors (Lipinski definition) is 0. The Morgan fingerprint density at radius 2 is 1.32 bits per heavy atom. The van der Waals surface area contributed by atoms with Crippen LogP contribution in [-0.2, 0) is 15.0 Å². The lowest BCUT2D eigenvalue weighted by Crippen LogP contribution is -2.47. The van der Waals surface area contributed by atoms with Crippen LogP contribution in [0.3, 0.4) is 0 Å². The van der Waals surface area contributed by atoms with Gasteiger partial charge in [0.05, 0.1) is 5.41 Å². The van der Waals surface area contributed by atoms with Gasteiger partial charge < -0.3 is 9.59 Å². The standard InChI is InChI=1S/C20H20O2/c1-3-19(4-2,13-21)20(14-22)17-11-7-5-9-15(17)16-10-6-8-12-18(16)20/h5-14H,3-4H2,1-2H3. The molecule has 0 fully saturated rings. The van der Waals surface area contributed by atoms with Crippen molar-refractivity contribution >= 4 is 12.6 Å². The zero-order chi connectivity index (χ0) is 15.8. The third kappa shape index (κ3) is 1.55. The Kier molecular flexibility index (Phi) is 3.48. The topological polar surface area (TPSA) is 34.1 Å². The van der Waals surface area contributed by atoms with Crippen molar-refractivity contribution in [2.24, 2.45) is 5.41 Å². The van der Waals surface area contributed by atoms with Crippen molar-refractivity contribution in [1.82, 2.24) is 0 Å². The largest absolute Gasteiger partial charge is 0.303 e. The summed E-state index contributed by atoms with van der Waals surface area (Å²) >= 11 is 0. The molecule has 2 heteroatoms. The molecular weight excluding hydrogens is 272 g/mol. The molecule has 1 aliphatic carbocycles. The van der Waals surface area contributed by atoms with E-state index in [1.807, 2.05) is 62.4 Å².